The van der Waals surface area contributed by atoms with Gasteiger partial charge in [-0.25, -0.2) is 0 Å². The Balaban J connectivity index is 2.25. The molecule has 0 aromatic heterocycles. The van der Waals surface area contributed by atoms with E-state index in [1.165, 1.54) is 16.8 Å². The predicted molar refractivity (Wildman–Crippen MR) is 90.2 cm³/mol. The molecule has 2 nitrogen and oxygen atoms in total. The SMILES string of the molecule is CCC(Nc1cccc(C(C)C)c1)c1ccccc1OC. The van der Waals surface area contributed by atoms with Crippen LogP contribution in [0.3, 0.4) is 0 Å². The molecule has 0 bridgehead atoms. The highest BCUT2D eigenvalue weighted by molar-refractivity contribution is 5.50. The van der Waals surface area contributed by atoms with Crippen LogP contribution in [0.1, 0.15) is 50.3 Å². The van der Waals surface area contributed by atoms with Gasteiger partial charge in [0.15, 0.2) is 0 Å². The van der Waals surface area contributed by atoms with Gasteiger partial charge in [-0.2, -0.15) is 0 Å². The summed E-state index contributed by atoms with van der Waals surface area (Å²) in [5.74, 6) is 1.48. The summed E-state index contributed by atoms with van der Waals surface area (Å²) in [4.78, 5) is 0. The smallest absolute Gasteiger partial charge is 0.124 e. The third kappa shape index (κ3) is 3.78. The summed E-state index contributed by atoms with van der Waals surface area (Å²) >= 11 is 0. The van der Waals surface area contributed by atoms with E-state index in [4.69, 9.17) is 4.74 Å². The van der Waals surface area contributed by atoms with Crippen LogP contribution in [-0.4, -0.2) is 7.11 Å². The number of hydrogen-bond acceptors (Lipinski definition) is 2. The first kappa shape index (κ1) is 15.4. The molecule has 0 amide bonds. The van der Waals surface area contributed by atoms with Crippen molar-refractivity contribution in [2.24, 2.45) is 0 Å². The van der Waals surface area contributed by atoms with Gasteiger partial charge >= 0.3 is 0 Å². The number of nitrogens with one attached hydrogen (secondary N) is 1. The first-order valence-corrected chi connectivity index (χ1v) is 7.65. The number of methoxy groups -OCH3 is 1. The molecule has 0 aliphatic carbocycles. The molecule has 0 saturated heterocycles. The van der Waals surface area contributed by atoms with Crippen molar-refractivity contribution in [2.45, 2.75) is 39.2 Å². The Morgan fingerprint density at radius 3 is 2.48 bits per heavy atom. The minimum Gasteiger partial charge on any atom is -0.496 e. The molecule has 2 aromatic rings. The highest BCUT2D eigenvalue weighted by atomic mass is 16.5. The van der Waals surface area contributed by atoms with Crippen molar-refractivity contribution < 1.29 is 4.74 Å². The van der Waals surface area contributed by atoms with Gasteiger partial charge in [-0.15, -0.1) is 0 Å². The van der Waals surface area contributed by atoms with E-state index in [2.05, 4.69) is 62.5 Å². The largest absolute Gasteiger partial charge is 0.496 e. The van der Waals surface area contributed by atoms with Gasteiger partial charge in [0.05, 0.1) is 13.2 Å². The van der Waals surface area contributed by atoms with Crippen LogP contribution in [0.5, 0.6) is 5.75 Å². The van der Waals surface area contributed by atoms with E-state index < -0.39 is 0 Å². The van der Waals surface area contributed by atoms with E-state index in [0.717, 1.165) is 12.2 Å². The molecule has 21 heavy (non-hydrogen) atoms. The first-order valence-electron chi connectivity index (χ1n) is 7.65. The summed E-state index contributed by atoms with van der Waals surface area (Å²) in [5.41, 5.74) is 3.73. The van der Waals surface area contributed by atoms with Gasteiger partial charge in [-0.05, 0) is 36.1 Å². The number of ether oxygens (including phenoxy) is 1. The van der Waals surface area contributed by atoms with Gasteiger partial charge in [0.1, 0.15) is 5.75 Å². The van der Waals surface area contributed by atoms with Gasteiger partial charge in [0.25, 0.3) is 0 Å². The van der Waals surface area contributed by atoms with Gasteiger partial charge in [0.2, 0.25) is 0 Å². The maximum absolute atomic E-state index is 5.49. The minimum absolute atomic E-state index is 0.253. The number of rotatable bonds is 6. The monoisotopic (exact) mass is 283 g/mol. The fraction of sp³-hybridized carbons (Fsp3) is 0.368. The topological polar surface area (TPSA) is 21.3 Å². The first-order chi connectivity index (χ1) is 10.2. The summed E-state index contributed by atoms with van der Waals surface area (Å²) in [7, 11) is 1.73. The quantitative estimate of drug-likeness (QED) is 0.768. The summed E-state index contributed by atoms with van der Waals surface area (Å²) in [6.07, 6.45) is 1.01. The van der Waals surface area contributed by atoms with E-state index in [9.17, 15) is 0 Å². The summed E-state index contributed by atoms with van der Waals surface area (Å²) in [6, 6.07) is 17.1. The maximum Gasteiger partial charge on any atom is 0.124 e. The van der Waals surface area contributed by atoms with Gasteiger partial charge in [-0.3, -0.25) is 0 Å². The van der Waals surface area contributed by atoms with Crippen LogP contribution in [0, 0.1) is 0 Å². The lowest BCUT2D eigenvalue weighted by Gasteiger charge is -2.21. The van der Waals surface area contributed by atoms with Crippen molar-refractivity contribution in [1.29, 1.82) is 0 Å². The van der Waals surface area contributed by atoms with Crippen molar-refractivity contribution in [1.82, 2.24) is 0 Å². The number of para-hydroxylation sites is 1. The molecule has 0 aliphatic rings. The van der Waals surface area contributed by atoms with Crippen LogP contribution in [0.4, 0.5) is 5.69 Å². The van der Waals surface area contributed by atoms with Crippen LogP contribution in [-0.2, 0) is 0 Å². The zero-order valence-corrected chi connectivity index (χ0v) is 13.4. The molecule has 2 heteroatoms. The Morgan fingerprint density at radius 1 is 1.05 bits per heavy atom. The second-order valence-electron chi connectivity index (χ2n) is 5.63. The molecule has 0 radical (unpaired) electrons. The van der Waals surface area contributed by atoms with Crippen molar-refractivity contribution in [2.75, 3.05) is 12.4 Å². The van der Waals surface area contributed by atoms with Crippen LogP contribution >= 0.6 is 0 Å². The lowest BCUT2D eigenvalue weighted by Crippen LogP contribution is -2.11. The molecule has 2 aromatic carbocycles. The zero-order valence-electron chi connectivity index (χ0n) is 13.4. The fourth-order valence-corrected chi connectivity index (χ4v) is 2.54. The molecule has 0 fully saturated rings. The Bertz CT molecular complexity index is 577. The summed E-state index contributed by atoms with van der Waals surface area (Å²) < 4.78 is 5.49. The average molecular weight is 283 g/mol. The van der Waals surface area contributed by atoms with Crippen molar-refractivity contribution in [3.63, 3.8) is 0 Å². The molecule has 1 N–H and O–H groups in total. The molecule has 0 aliphatic heterocycles. The fourth-order valence-electron chi connectivity index (χ4n) is 2.54. The molecule has 0 heterocycles. The number of anilines is 1. The molecular formula is C19H25NO. The Labute approximate surface area is 128 Å². The van der Waals surface area contributed by atoms with Crippen LogP contribution in [0.25, 0.3) is 0 Å². The second kappa shape index (κ2) is 7.16. The van der Waals surface area contributed by atoms with E-state index in [1.807, 2.05) is 12.1 Å². The highest BCUT2D eigenvalue weighted by Crippen LogP contribution is 2.30. The minimum atomic E-state index is 0.253. The van der Waals surface area contributed by atoms with E-state index >= 15 is 0 Å². The number of hydrogen-bond donors (Lipinski definition) is 1. The van der Waals surface area contributed by atoms with Crippen LogP contribution < -0.4 is 10.1 Å². The summed E-state index contributed by atoms with van der Waals surface area (Å²) in [5, 5.41) is 3.63. The highest BCUT2D eigenvalue weighted by Gasteiger charge is 2.14. The third-order valence-corrected chi connectivity index (χ3v) is 3.82. The third-order valence-electron chi connectivity index (χ3n) is 3.82. The molecule has 0 spiro atoms. The average Bonchev–Trinajstić information content (AvgIpc) is 2.52. The van der Waals surface area contributed by atoms with Crippen molar-refractivity contribution in [3.05, 3.63) is 59.7 Å². The predicted octanol–water partition coefficient (Wildman–Crippen LogP) is 5.38. The van der Waals surface area contributed by atoms with Gasteiger partial charge in [0, 0.05) is 11.3 Å². The van der Waals surface area contributed by atoms with E-state index in [-0.39, 0.29) is 6.04 Å². The van der Waals surface area contributed by atoms with Gasteiger partial charge < -0.3 is 10.1 Å². The van der Waals surface area contributed by atoms with E-state index in [0.29, 0.717) is 5.92 Å². The second-order valence-corrected chi connectivity index (χ2v) is 5.63. The zero-order chi connectivity index (χ0) is 15.2. The standard InChI is InChI=1S/C19H25NO/c1-5-18(17-11-6-7-12-19(17)21-4)20-16-10-8-9-15(13-16)14(2)3/h6-14,18,20H,5H2,1-4H3. The molecule has 0 saturated carbocycles. The molecule has 112 valence electrons. The van der Waals surface area contributed by atoms with E-state index in [1.54, 1.807) is 7.11 Å². The lowest BCUT2D eigenvalue weighted by atomic mass is 10.0. The molecule has 2 rings (SSSR count). The lowest BCUT2D eigenvalue weighted by molar-refractivity contribution is 0.406. The summed E-state index contributed by atoms with van der Waals surface area (Å²) in [6.45, 7) is 6.63. The Morgan fingerprint density at radius 2 is 1.81 bits per heavy atom. The van der Waals surface area contributed by atoms with Crippen LogP contribution in [0.2, 0.25) is 0 Å². The Kier molecular flexibility index (Phi) is 5.26. The normalized spacial score (nSPS) is 12.2. The maximum atomic E-state index is 5.49. The van der Waals surface area contributed by atoms with Crippen molar-refractivity contribution >= 4 is 5.69 Å². The molecular weight excluding hydrogens is 258 g/mol. The van der Waals surface area contributed by atoms with Crippen LogP contribution in [0.15, 0.2) is 48.5 Å². The molecule has 1 atom stereocenters. The Hall–Kier alpha value is -1.96. The molecule has 1 unspecified atom stereocenters. The number of benzene rings is 2. The van der Waals surface area contributed by atoms with Crippen molar-refractivity contribution in [3.8, 4) is 5.75 Å². The van der Waals surface area contributed by atoms with Gasteiger partial charge in [-0.1, -0.05) is 51.1 Å².